The molecule has 0 amide bonds. The van der Waals surface area contributed by atoms with Gasteiger partial charge in [-0.25, -0.2) is 0 Å². The lowest BCUT2D eigenvalue weighted by atomic mass is 10.1. The Bertz CT molecular complexity index is 215. The number of esters is 1. The SMILES string of the molecule is CCCCCCCCCCCC(=O)OC.OC[C@@H]1CO1. The predicted molar refractivity (Wildman–Crippen MR) is 80.7 cm³/mol. The summed E-state index contributed by atoms with van der Waals surface area (Å²) in [5.74, 6) is -0.0713. The smallest absolute Gasteiger partial charge is 0.305 e. The standard InChI is InChI=1S/C13H26O2.C3H6O2/c1-3-4-5-6-7-8-9-10-11-12-13(14)15-2;4-1-3-2-5-3/h3-12H2,1-2H3;3-4H,1-2H2/t;3-/m.1/s1. The molecule has 0 aromatic heterocycles. The molecule has 0 unspecified atom stereocenters. The van der Waals surface area contributed by atoms with Gasteiger partial charge in [-0.1, -0.05) is 58.3 Å². The number of unbranched alkanes of at least 4 members (excludes halogenated alkanes) is 8. The van der Waals surface area contributed by atoms with Crippen molar-refractivity contribution in [2.75, 3.05) is 20.3 Å². The van der Waals surface area contributed by atoms with Gasteiger partial charge in [0.05, 0.1) is 20.3 Å². The molecule has 4 nitrogen and oxygen atoms in total. The Kier molecular flexibility index (Phi) is 14.3. The summed E-state index contributed by atoms with van der Waals surface area (Å²) in [7, 11) is 1.45. The van der Waals surface area contributed by atoms with Gasteiger partial charge in [-0.3, -0.25) is 4.79 Å². The number of ether oxygens (including phenoxy) is 2. The van der Waals surface area contributed by atoms with Gasteiger partial charge in [0, 0.05) is 6.42 Å². The van der Waals surface area contributed by atoms with Crippen LogP contribution < -0.4 is 0 Å². The van der Waals surface area contributed by atoms with Gasteiger partial charge in [0.2, 0.25) is 0 Å². The maximum atomic E-state index is 10.8. The summed E-state index contributed by atoms with van der Waals surface area (Å²) in [6, 6.07) is 0. The van der Waals surface area contributed by atoms with Crippen molar-refractivity contribution >= 4 is 5.97 Å². The molecule has 120 valence electrons. The average Bonchev–Trinajstić information content (AvgIpc) is 3.30. The molecule has 1 aliphatic heterocycles. The zero-order valence-corrected chi connectivity index (χ0v) is 13.2. The van der Waals surface area contributed by atoms with E-state index in [1.165, 1.54) is 58.5 Å². The van der Waals surface area contributed by atoms with Gasteiger partial charge in [0.25, 0.3) is 0 Å². The van der Waals surface area contributed by atoms with E-state index in [-0.39, 0.29) is 18.7 Å². The molecule has 0 bridgehead atoms. The summed E-state index contributed by atoms with van der Waals surface area (Å²) in [5.41, 5.74) is 0. The molecule has 1 heterocycles. The summed E-state index contributed by atoms with van der Waals surface area (Å²) < 4.78 is 9.19. The highest BCUT2D eigenvalue weighted by Crippen LogP contribution is 2.10. The number of aliphatic hydroxyl groups is 1. The Morgan fingerprint density at radius 2 is 1.60 bits per heavy atom. The highest BCUT2D eigenvalue weighted by Gasteiger charge is 2.19. The fraction of sp³-hybridized carbons (Fsp3) is 0.938. The second-order valence-corrected chi connectivity index (χ2v) is 5.29. The van der Waals surface area contributed by atoms with Crippen LogP contribution in [0.2, 0.25) is 0 Å². The van der Waals surface area contributed by atoms with Gasteiger partial charge in [0.15, 0.2) is 0 Å². The van der Waals surface area contributed by atoms with E-state index in [0.29, 0.717) is 6.42 Å². The Labute approximate surface area is 123 Å². The van der Waals surface area contributed by atoms with Crippen molar-refractivity contribution in [1.82, 2.24) is 0 Å². The number of rotatable bonds is 11. The second kappa shape index (κ2) is 14.8. The van der Waals surface area contributed by atoms with Crippen molar-refractivity contribution < 1.29 is 19.4 Å². The van der Waals surface area contributed by atoms with E-state index >= 15 is 0 Å². The molecule has 1 N–H and O–H groups in total. The molecule has 1 saturated heterocycles. The predicted octanol–water partition coefficient (Wildman–Crippen LogP) is 3.46. The van der Waals surface area contributed by atoms with Crippen LogP contribution >= 0.6 is 0 Å². The third-order valence-corrected chi connectivity index (χ3v) is 3.32. The number of hydrogen-bond acceptors (Lipinski definition) is 4. The minimum absolute atomic E-state index is 0.0713. The molecule has 0 aromatic rings. The quantitative estimate of drug-likeness (QED) is 0.359. The van der Waals surface area contributed by atoms with Crippen molar-refractivity contribution in [2.24, 2.45) is 0 Å². The van der Waals surface area contributed by atoms with E-state index in [1.54, 1.807) is 0 Å². The van der Waals surface area contributed by atoms with E-state index in [0.717, 1.165) is 13.0 Å². The summed E-state index contributed by atoms with van der Waals surface area (Å²) >= 11 is 0. The molecule has 1 fully saturated rings. The molecular formula is C16H32O4. The van der Waals surface area contributed by atoms with Crippen molar-refractivity contribution in [3.05, 3.63) is 0 Å². The lowest BCUT2D eigenvalue weighted by Gasteiger charge is -2.01. The zero-order valence-electron chi connectivity index (χ0n) is 13.2. The molecule has 1 atom stereocenters. The first-order valence-electron chi connectivity index (χ1n) is 8.03. The third kappa shape index (κ3) is 15.4. The van der Waals surface area contributed by atoms with Gasteiger partial charge in [-0.05, 0) is 6.42 Å². The van der Waals surface area contributed by atoms with Crippen molar-refractivity contribution in [2.45, 2.75) is 77.2 Å². The van der Waals surface area contributed by atoms with Crippen LogP contribution in [0, 0.1) is 0 Å². The van der Waals surface area contributed by atoms with E-state index < -0.39 is 0 Å². The topological polar surface area (TPSA) is 59.1 Å². The van der Waals surface area contributed by atoms with Crippen molar-refractivity contribution in [3.63, 3.8) is 0 Å². The fourth-order valence-corrected chi connectivity index (χ4v) is 1.86. The van der Waals surface area contributed by atoms with Gasteiger partial charge < -0.3 is 14.6 Å². The van der Waals surface area contributed by atoms with Gasteiger partial charge >= 0.3 is 5.97 Å². The van der Waals surface area contributed by atoms with Crippen LogP contribution in [0.4, 0.5) is 0 Å². The van der Waals surface area contributed by atoms with Gasteiger partial charge in [-0.15, -0.1) is 0 Å². The first-order chi connectivity index (χ1) is 9.74. The molecule has 1 aliphatic rings. The van der Waals surface area contributed by atoms with Crippen LogP contribution in [0.5, 0.6) is 0 Å². The Morgan fingerprint density at radius 3 is 1.95 bits per heavy atom. The number of methoxy groups -OCH3 is 1. The molecule has 0 aromatic carbocycles. The molecule has 0 aliphatic carbocycles. The van der Waals surface area contributed by atoms with Crippen LogP contribution in [0.15, 0.2) is 0 Å². The molecule has 0 radical (unpaired) electrons. The van der Waals surface area contributed by atoms with Crippen LogP contribution in [0.25, 0.3) is 0 Å². The lowest BCUT2D eigenvalue weighted by Crippen LogP contribution is -1.99. The lowest BCUT2D eigenvalue weighted by molar-refractivity contribution is -0.140. The molecular weight excluding hydrogens is 256 g/mol. The summed E-state index contributed by atoms with van der Waals surface area (Å²) in [6.07, 6.45) is 12.4. The number of hydrogen-bond donors (Lipinski definition) is 1. The highest BCUT2D eigenvalue weighted by atomic mass is 16.6. The maximum Gasteiger partial charge on any atom is 0.305 e. The molecule has 1 rings (SSSR count). The summed E-state index contributed by atoms with van der Waals surface area (Å²) in [4.78, 5) is 10.8. The minimum atomic E-state index is -0.0713. The minimum Gasteiger partial charge on any atom is -0.469 e. The van der Waals surface area contributed by atoms with Crippen molar-refractivity contribution in [1.29, 1.82) is 0 Å². The average molecular weight is 288 g/mol. The summed E-state index contributed by atoms with van der Waals surface area (Å²) in [6.45, 7) is 3.20. The van der Waals surface area contributed by atoms with Crippen LogP contribution in [-0.2, 0) is 14.3 Å². The van der Waals surface area contributed by atoms with E-state index in [9.17, 15) is 4.79 Å². The molecule has 0 saturated carbocycles. The number of epoxide rings is 1. The fourth-order valence-electron chi connectivity index (χ4n) is 1.86. The number of carbonyl (C=O) groups is 1. The van der Waals surface area contributed by atoms with E-state index in [2.05, 4.69) is 16.4 Å². The third-order valence-electron chi connectivity index (χ3n) is 3.32. The van der Waals surface area contributed by atoms with Gasteiger partial charge in [0.1, 0.15) is 6.10 Å². The first kappa shape index (κ1) is 19.4. The second-order valence-electron chi connectivity index (χ2n) is 5.29. The largest absolute Gasteiger partial charge is 0.469 e. The molecule has 4 heteroatoms. The number of aliphatic hydroxyl groups excluding tert-OH is 1. The Morgan fingerprint density at radius 1 is 1.10 bits per heavy atom. The zero-order chi connectivity index (χ0) is 15.1. The Hall–Kier alpha value is -0.610. The maximum absolute atomic E-state index is 10.8. The molecule has 0 spiro atoms. The normalized spacial score (nSPS) is 16.2. The van der Waals surface area contributed by atoms with E-state index in [1.807, 2.05) is 0 Å². The number of carbonyl (C=O) groups excluding carboxylic acids is 1. The van der Waals surface area contributed by atoms with Crippen LogP contribution in [0.1, 0.15) is 71.1 Å². The summed E-state index contributed by atoms with van der Waals surface area (Å²) in [5, 5.41) is 8.08. The van der Waals surface area contributed by atoms with Crippen LogP contribution in [-0.4, -0.2) is 37.5 Å². The molecule has 20 heavy (non-hydrogen) atoms. The first-order valence-corrected chi connectivity index (χ1v) is 8.03. The van der Waals surface area contributed by atoms with E-state index in [4.69, 9.17) is 5.11 Å². The Balaban J connectivity index is 0.000000595. The van der Waals surface area contributed by atoms with Gasteiger partial charge in [-0.2, -0.15) is 0 Å². The highest BCUT2D eigenvalue weighted by molar-refractivity contribution is 5.68. The van der Waals surface area contributed by atoms with Crippen LogP contribution in [0.3, 0.4) is 0 Å². The monoisotopic (exact) mass is 288 g/mol. The van der Waals surface area contributed by atoms with Crippen molar-refractivity contribution in [3.8, 4) is 0 Å².